The van der Waals surface area contributed by atoms with Gasteiger partial charge in [0.25, 0.3) is 5.91 Å². The number of allylic oxidation sites excluding steroid dienone is 5. The highest BCUT2D eigenvalue weighted by atomic mass is 16.5. The lowest BCUT2D eigenvalue weighted by Crippen LogP contribution is -2.12. The Kier molecular flexibility index (Phi) is 12.0. The summed E-state index contributed by atoms with van der Waals surface area (Å²) in [5, 5.41) is 0. The molecule has 4 nitrogen and oxygen atoms in total. The van der Waals surface area contributed by atoms with Gasteiger partial charge in [-0.1, -0.05) is 63.8 Å². The first-order valence-electron chi connectivity index (χ1n) is 8.29. The number of hydrogen-bond acceptors (Lipinski definition) is 3. The van der Waals surface area contributed by atoms with E-state index in [2.05, 4.69) is 18.5 Å². The molecular weight excluding hydrogens is 312 g/mol. The lowest BCUT2D eigenvalue weighted by Gasteiger charge is -2.01. The molecule has 0 bridgehead atoms. The lowest BCUT2D eigenvalue weighted by molar-refractivity contribution is -0.114. The van der Waals surface area contributed by atoms with Gasteiger partial charge in [-0.05, 0) is 35.8 Å². The number of amides is 1. The number of carbonyl (C=O) groups excluding carboxylic acids is 1. The average Bonchev–Trinajstić information content (AvgIpc) is 2.65. The van der Waals surface area contributed by atoms with Crippen LogP contribution in [0.25, 0.3) is 6.08 Å². The Hall–Kier alpha value is -2.88. The molecule has 0 radical (unpaired) electrons. The molecule has 0 saturated carbocycles. The first-order chi connectivity index (χ1) is 12.1. The van der Waals surface area contributed by atoms with E-state index in [-0.39, 0.29) is 5.70 Å². The van der Waals surface area contributed by atoms with E-state index in [1.807, 2.05) is 44.2 Å². The van der Waals surface area contributed by atoms with Crippen LogP contribution in [0.4, 0.5) is 0 Å². The van der Waals surface area contributed by atoms with E-state index in [1.165, 1.54) is 0 Å². The van der Waals surface area contributed by atoms with E-state index in [9.17, 15) is 4.79 Å². The molecule has 0 heterocycles. The molecule has 0 saturated heterocycles. The molecule has 0 aliphatic heterocycles. The molecule has 1 aromatic carbocycles. The van der Waals surface area contributed by atoms with Crippen LogP contribution < -0.4 is 10.5 Å². The summed E-state index contributed by atoms with van der Waals surface area (Å²) >= 11 is 0. The number of nitrogens with two attached hydrogens (primary N) is 1. The zero-order chi connectivity index (χ0) is 19.1. The van der Waals surface area contributed by atoms with Gasteiger partial charge in [0.15, 0.2) is 0 Å². The maximum absolute atomic E-state index is 11.5. The van der Waals surface area contributed by atoms with Crippen molar-refractivity contribution in [3.05, 3.63) is 72.0 Å². The molecule has 1 aromatic rings. The average molecular weight is 340 g/mol. The fourth-order valence-electron chi connectivity index (χ4n) is 1.65. The number of hydrogen-bond donors (Lipinski definition) is 1. The van der Waals surface area contributed by atoms with Crippen LogP contribution in [0.1, 0.15) is 32.8 Å². The van der Waals surface area contributed by atoms with Crippen molar-refractivity contribution in [1.29, 1.82) is 0 Å². The Balaban J connectivity index is 0.00000277. The largest absolute Gasteiger partial charge is 0.497 e. The van der Waals surface area contributed by atoms with Crippen molar-refractivity contribution in [2.24, 2.45) is 10.7 Å². The van der Waals surface area contributed by atoms with Crippen LogP contribution in [0, 0.1) is 0 Å². The molecule has 25 heavy (non-hydrogen) atoms. The third-order valence-corrected chi connectivity index (χ3v) is 2.92. The molecule has 0 aliphatic rings. The van der Waals surface area contributed by atoms with E-state index >= 15 is 0 Å². The van der Waals surface area contributed by atoms with Crippen molar-refractivity contribution in [3.63, 3.8) is 0 Å². The van der Waals surface area contributed by atoms with Gasteiger partial charge < -0.3 is 10.5 Å². The summed E-state index contributed by atoms with van der Waals surface area (Å²) in [4.78, 5) is 15.7. The predicted molar refractivity (Wildman–Crippen MR) is 108 cm³/mol. The Labute approximate surface area is 151 Å². The van der Waals surface area contributed by atoms with Crippen molar-refractivity contribution < 1.29 is 9.53 Å². The lowest BCUT2D eigenvalue weighted by atomic mass is 10.2. The molecule has 2 N–H and O–H groups in total. The highest BCUT2D eigenvalue weighted by molar-refractivity contribution is 5.99. The zero-order valence-corrected chi connectivity index (χ0v) is 15.5. The maximum Gasteiger partial charge on any atom is 0.267 e. The number of methoxy groups -OCH3 is 1. The normalized spacial score (nSPS) is 12.0. The summed E-state index contributed by atoms with van der Waals surface area (Å²) in [6.07, 6.45) is 11.6. The first kappa shape index (κ1) is 22.1. The molecule has 0 atom stereocenters. The van der Waals surface area contributed by atoms with E-state index in [4.69, 9.17) is 10.5 Å². The zero-order valence-electron chi connectivity index (χ0n) is 15.5. The first-order valence-corrected chi connectivity index (χ1v) is 8.29. The van der Waals surface area contributed by atoms with Gasteiger partial charge in [-0.25, -0.2) is 0 Å². The maximum atomic E-state index is 11.5. The smallest absolute Gasteiger partial charge is 0.267 e. The summed E-state index contributed by atoms with van der Waals surface area (Å²) in [6, 6.07) is 7.26. The Morgan fingerprint density at radius 1 is 1.28 bits per heavy atom. The summed E-state index contributed by atoms with van der Waals surface area (Å²) in [6.45, 7) is 9.77. The monoisotopic (exact) mass is 340 g/mol. The van der Waals surface area contributed by atoms with E-state index in [0.29, 0.717) is 0 Å². The molecule has 0 fully saturated rings. The minimum atomic E-state index is -0.593. The molecular formula is C21H28N2O2. The van der Waals surface area contributed by atoms with Crippen LogP contribution in [0.5, 0.6) is 5.75 Å². The van der Waals surface area contributed by atoms with Crippen molar-refractivity contribution >= 4 is 18.2 Å². The SMILES string of the molecule is C=CC(/C=N\C(=C/c1ccc(OC)cc1)C(N)=O)=C\C=C/CC.CC. The summed E-state index contributed by atoms with van der Waals surface area (Å²) < 4.78 is 5.09. The fraction of sp³-hybridized carbons (Fsp3) is 0.238. The van der Waals surface area contributed by atoms with Crippen LogP contribution in [-0.4, -0.2) is 19.2 Å². The Morgan fingerprint density at radius 3 is 2.40 bits per heavy atom. The van der Waals surface area contributed by atoms with Crippen molar-refractivity contribution in [2.75, 3.05) is 7.11 Å². The summed E-state index contributed by atoms with van der Waals surface area (Å²) in [5.41, 5.74) is 7.15. The van der Waals surface area contributed by atoms with Gasteiger partial charge in [0, 0.05) is 6.21 Å². The number of aliphatic imine (C=N–C) groups is 1. The summed E-state index contributed by atoms with van der Waals surface area (Å²) in [7, 11) is 1.60. The summed E-state index contributed by atoms with van der Waals surface area (Å²) in [5.74, 6) is 0.149. The second kappa shape index (κ2) is 13.5. The van der Waals surface area contributed by atoms with Crippen molar-refractivity contribution in [1.82, 2.24) is 0 Å². The fourth-order valence-corrected chi connectivity index (χ4v) is 1.65. The molecule has 134 valence electrons. The topological polar surface area (TPSA) is 64.7 Å². The van der Waals surface area contributed by atoms with Crippen LogP contribution in [0.2, 0.25) is 0 Å². The number of benzene rings is 1. The Bertz CT molecular complexity index is 651. The highest BCUT2D eigenvalue weighted by Crippen LogP contribution is 2.14. The second-order valence-corrected chi connectivity index (χ2v) is 4.63. The van der Waals surface area contributed by atoms with E-state index < -0.39 is 5.91 Å². The number of carbonyl (C=O) groups is 1. The Morgan fingerprint density at radius 2 is 1.92 bits per heavy atom. The quantitative estimate of drug-likeness (QED) is 0.423. The molecule has 1 rings (SSSR count). The molecule has 1 amide bonds. The van der Waals surface area contributed by atoms with E-state index in [0.717, 1.165) is 23.3 Å². The highest BCUT2D eigenvalue weighted by Gasteiger charge is 2.03. The molecule has 0 unspecified atom stereocenters. The number of primary amides is 1. The van der Waals surface area contributed by atoms with E-state index in [1.54, 1.807) is 37.6 Å². The van der Waals surface area contributed by atoms with Crippen molar-refractivity contribution in [3.8, 4) is 5.75 Å². The number of rotatable bonds is 8. The molecule has 0 spiro atoms. The minimum Gasteiger partial charge on any atom is -0.497 e. The van der Waals surface area contributed by atoms with Gasteiger partial charge in [-0.2, -0.15) is 0 Å². The van der Waals surface area contributed by atoms with Gasteiger partial charge in [-0.3, -0.25) is 9.79 Å². The van der Waals surface area contributed by atoms with Gasteiger partial charge in [0.2, 0.25) is 0 Å². The van der Waals surface area contributed by atoms with Gasteiger partial charge in [0.1, 0.15) is 11.4 Å². The molecule has 0 aliphatic carbocycles. The van der Waals surface area contributed by atoms with Gasteiger partial charge in [-0.15, -0.1) is 0 Å². The number of ether oxygens (including phenoxy) is 1. The third kappa shape index (κ3) is 9.11. The van der Waals surface area contributed by atoms with Crippen LogP contribution >= 0.6 is 0 Å². The van der Waals surface area contributed by atoms with Crippen LogP contribution in [0.3, 0.4) is 0 Å². The van der Waals surface area contributed by atoms with Gasteiger partial charge in [0.05, 0.1) is 7.11 Å². The van der Waals surface area contributed by atoms with Crippen LogP contribution in [0.15, 0.2) is 71.4 Å². The van der Waals surface area contributed by atoms with Crippen LogP contribution in [-0.2, 0) is 4.79 Å². The van der Waals surface area contributed by atoms with Crippen molar-refractivity contribution in [2.45, 2.75) is 27.2 Å². The third-order valence-electron chi connectivity index (χ3n) is 2.92. The molecule has 0 aromatic heterocycles. The standard InChI is InChI=1S/C19H22N2O2.C2H6/c1-4-6-7-8-15(5-2)14-21-18(19(20)22)13-16-9-11-17(23-3)12-10-16;1-2/h5-14H,2,4H2,1,3H3,(H2,20,22);1-2H3/b7-6-,15-8+,18-13-,21-14-;. The number of nitrogens with zero attached hydrogens (tertiary/aromatic N) is 1. The second-order valence-electron chi connectivity index (χ2n) is 4.63. The molecule has 4 heteroatoms. The minimum absolute atomic E-state index is 0.169. The van der Waals surface area contributed by atoms with Gasteiger partial charge >= 0.3 is 0 Å². The predicted octanol–water partition coefficient (Wildman–Crippen LogP) is 4.70.